The molecule has 1 amide bonds. The molecule has 0 saturated carbocycles. The van der Waals surface area contributed by atoms with Crippen molar-refractivity contribution in [1.29, 1.82) is 0 Å². The molecule has 2 aromatic heterocycles. The van der Waals surface area contributed by atoms with E-state index in [0.717, 1.165) is 70.4 Å². The fourth-order valence-electron chi connectivity index (χ4n) is 4.29. The Labute approximate surface area is 197 Å². The predicted molar refractivity (Wildman–Crippen MR) is 134 cm³/mol. The summed E-state index contributed by atoms with van der Waals surface area (Å²) in [6.45, 7) is 7.10. The maximum absolute atomic E-state index is 11.5. The van der Waals surface area contributed by atoms with Crippen LogP contribution >= 0.6 is 0 Å². The molecule has 0 aliphatic heterocycles. The first-order valence-corrected chi connectivity index (χ1v) is 11.5. The Bertz CT molecular complexity index is 1480. The Hall–Kier alpha value is -4.04. The van der Waals surface area contributed by atoms with Crippen LogP contribution in [0, 0.1) is 0 Å². The summed E-state index contributed by atoms with van der Waals surface area (Å²) in [5, 5.41) is 18.2. The van der Waals surface area contributed by atoms with Crippen LogP contribution in [0.25, 0.3) is 44.3 Å². The van der Waals surface area contributed by atoms with Gasteiger partial charge in [0.25, 0.3) is 0 Å². The zero-order valence-electron chi connectivity index (χ0n) is 19.3. The Morgan fingerprint density at radius 2 is 1.74 bits per heavy atom. The van der Waals surface area contributed by atoms with E-state index in [-0.39, 0.29) is 0 Å². The lowest BCUT2D eigenvalue weighted by atomic mass is 10.0. The first kappa shape index (κ1) is 21.8. The number of rotatable bonds is 8. The van der Waals surface area contributed by atoms with Gasteiger partial charge in [-0.25, -0.2) is 4.98 Å². The zero-order chi connectivity index (χ0) is 23.7. The number of hydrogen-bond acceptors (Lipinski definition) is 5. The van der Waals surface area contributed by atoms with Crippen molar-refractivity contribution in [1.82, 2.24) is 30.3 Å². The molecule has 0 spiro atoms. The van der Waals surface area contributed by atoms with Gasteiger partial charge in [-0.2, -0.15) is 10.2 Å². The number of benzene rings is 3. The fraction of sp³-hybridized carbons (Fsp3) is 0.231. The molecule has 3 aromatic carbocycles. The van der Waals surface area contributed by atoms with E-state index in [1.807, 2.05) is 36.4 Å². The quantitative estimate of drug-likeness (QED) is 0.320. The van der Waals surface area contributed by atoms with Crippen LogP contribution in [0.3, 0.4) is 0 Å². The number of aromatic amines is 2. The van der Waals surface area contributed by atoms with Gasteiger partial charge in [0.2, 0.25) is 5.91 Å². The third-order valence-electron chi connectivity index (χ3n) is 6.11. The van der Waals surface area contributed by atoms with Crippen LogP contribution in [0.4, 0.5) is 0 Å². The smallest absolute Gasteiger partial charge is 0.248 e. The molecule has 2 heterocycles. The van der Waals surface area contributed by atoms with Crippen molar-refractivity contribution in [3.8, 4) is 22.6 Å². The summed E-state index contributed by atoms with van der Waals surface area (Å²) in [5.41, 5.74) is 9.63. The molecule has 0 aliphatic rings. The summed E-state index contributed by atoms with van der Waals surface area (Å²) in [5.74, 6) is 1.11. The molecule has 0 bridgehead atoms. The summed E-state index contributed by atoms with van der Waals surface area (Å²) in [7, 11) is 0. The molecule has 0 fully saturated rings. The maximum Gasteiger partial charge on any atom is 0.248 e. The number of fused-ring (bicyclic) bond motifs is 2. The van der Waals surface area contributed by atoms with Gasteiger partial charge in [0.15, 0.2) is 5.82 Å². The number of carbonyl (C=O) groups is 1. The average Bonchev–Trinajstić information content (AvgIpc) is 3.49. The molecule has 4 N–H and O–H groups in total. The van der Waals surface area contributed by atoms with Crippen molar-refractivity contribution in [2.75, 3.05) is 13.1 Å². The molecule has 172 valence electrons. The van der Waals surface area contributed by atoms with Gasteiger partial charge >= 0.3 is 0 Å². The number of nitrogens with two attached hydrogens (primary N) is 1. The van der Waals surface area contributed by atoms with E-state index in [4.69, 9.17) is 10.7 Å². The van der Waals surface area contributed by atoms with E-state index in [2.05, 4.69) is 51.3 Å². The number of nitrogens with zero attached hydrogens (tertiary/aromatic N) is 4. The lowest BCUT2D eigenvalue weighted by Gasteiger charge is -2.17. The van der Waals surface area contributed by atoms with E-state index in [1.165, 1.54) is 0 Å². The number of hydrogen-bond donors (Lipinski definition) is 3. The topological polar surface area (TPSA) is 117 Å². The standard InChI is InChI=1S/C26H27N7O/c1-3-11-33(4-2)15-23-28-26(32-30-23)20-9-10-22-21(14-20)24(31-29-22)18-7-5-17-13-19(25(27)34)8-6-16(17)12-18/h5-10,12-14H,3-4,11,15H2,1-2H3,(H2,27,34)(H,29,31)(H,28,30,32). The number of aromatic nitrogens is 5. The minimum atomic E-state index is -0.431. The normalized spacial score (nSPS) is 11.6. The van der Waals surface area contributed by atoms with Gasteiger partial charge in [0.1, 0.15) is 5.82 Å². The fourth-order valence-corrected chi connectivity index (χ4v) is 4.29. The van der Waals surface area contributed by atoms with Crippen LogP contribution < -0.4 is 5.73 Å². The van der Waals surface area contributed by atoms with E-state index < -0.39 is 5.91 Å². The molecular weight excluding hydrogens is 426 g/mol. The highest BCUT2D eigenvalue weighted by Crippen LogP contribution is 2.31. The molecule has 0 radical (unpaired) electrons. The van der Waals surface area contributed by atoms with E-state index >= 15 is 0 Å². The van der Waals surface area contributed by atoms with Gasteiger partial charge < -0.3 is 5.73 Å². The third-order valence-corrected chi connectivity index (χ3v) is 6.11. The van der Waals surface area contributed by atoms with Gasteiger partial charge in [0, 0.05) is 22.1 Å². The summed E-state index contributed by atoms with van der Waals surface area (Å²) in [6.07, 6.45) is 1.11. The lowest BCUT2D eigenvalue weighted by molar-refractivity contribution is 0.100. The van der Waals surface area contributed by atoms with Crippen molar-refractivity contribution >= 4 is 27.6 Å². The molecule has 0 atom stereocenters. The number of carbonyl (C=O) groups excluding carboxylic acids is 1. The number of nitrogens with one attached hydrogen (secondary N) is 2. The monoisotopic (exact) mass is 453 g/mol. The van der Waals surface area contributed by atoms with Gasteiger partial charge in [-0.05, 0) is 66.7 Å². The largest absolute Gasteiger partial charge is 0.366 e. The second kappa shape index (κ2) is 9.07. The molecule has 8 heteroatoms. The van der Waals surface area contributed by atoms with Gasteiger partial charge in [-0.3, -0.25) is 19.9 Å². The van der Waals surface area contributed by atoms with Crippen LogP contribution in [0.1, 0.15) is 36.5 Å². The SMILES string of the molecule is CCCN(CC)Cc1nc(-c2ccc3[nH]nc(-c4ccc5cc(C(N)=O)ccc5c4)c3c2)n[nH]1. The van der Waals surface area contributed by atoms with Crippen LogP contribution in [-0.2, 0) is 6.54 Å². The van der Waals surface area contributed by atoms with Crippen molar-refractivity contribution < 1.29 is 4.79 Å². The van der Waals surface area contributed by atoms with E-state index in [1.54, 1.807) is 6.07 Å². The lowest BCUT2D eigenvalue weighted by Crippen LogP contribution is -2.24. The Morgan fingerprint density at radius 1 is 0.941 bits per heavy atom. The molecule has 34 heavy (non-hydrogen) atoms. The summed E-state index contributed by atoms with van der Waals surface area (Å²) in [4.78, 5) is 18.6. The molecule has 5 aromatic rings. The van der Waals surface area contributed by atoms with Crippen molar-refractivity contribution in [3.05, 3.63) is 66.0 Å². The minimum Gasteiger partial charge on any atom is -0.366 e. The van der Waals surface area contributed by atoms with Crippen LogP contribution in [0.5, 0.6) is 0 Å². The number of primary amides is 1. The van der Waals surface area contributed by atoms with Crippen molar-refractivity contribution in [3.63, 3.8) is 0 Å². The zero-order valence-corrected chi connectivity index (χ0v) is 19.3. The highest BCUT2D eigenvalue weighted by molar-refractivity contribution is 6.00. The highest BCUT2D eigenvalue weighted by Gasteiger charge is 2.14. The number of amides is 1. The van der Waals surface area contributed by atoms with E-state index in [9.17, 15) is 4.79 Å². The molecule has 5 rings (SSSR count). The van der Waals surface area contributed by atoms with Crippen molar-refractivity contribution in [2.24, 2.45) is 5.73 Å². The Morgan fingerprint density at radius 3 is 2.53 bits per heavy atom. The van der Waals surface area contributed by atoms with Crippen LogP contribution in [-0.4, -0.2) is 49.3 Å². The highest BCUT2D eigenvalue weighted by atomic mass is 16.1. The second-order valence-corrected chi connectivity index (χ2v) is 8.45. The molecular formula is C26H27N7O. The van der Waals surface area contributed by atoms with Gasteiger partial charge in [-0.15, -0.1) is 0 Å². The van der Waals surface area contributed by atoms with Gasteiger partial charge in [0.05, 0.1) is 17.8 Å². The van der Waals surface area contributed by atoms with Gasteiger partial charge in [-0.1, -0.05) is 32.0 Å². The third kappa shape index (κ3) is 4.15. The first-order valence-electron chi connectivity index (χ1n) is 11.5. The average molecular weight is 454 g/mol. The summed E-state index contributed by atoms with van der Waals surface area (Å²) < 4.78 is 0. The van der Waals surface area contributed by atoms with Crippen LogP contribution in [0.2, 0.25) is 0 Å². The first-order chi connectivity index (χ1) is 16.6. The summed E-state index contributed by atoms with van der Waals surface area (Å²) in [6, 6.07) is 17.6. The molecule has 8 nitrogen and oxygen atoms in total. The minimum absolute atomic E-state index is 0.431. The molecule has 0 unspecified atom stereocenters. The Kier molecular flexibility index (Phi) is 5.81. The Balaban J connectivity index is 1.48. The van der Waals surface area contributed by atoms with E-state index in [0.29, 0.717) is 11.4 Å². The number of H-pyrrole nitrogens is 2. The second-order valence-electron chi connectivity index (χ2n) is 8.45. The molecule has 0 aliphatic carbocycles. The summed E-state index contributed by atoms with van der Waals surface area (Å²) >= 11 is 0. The predicted octanol–water partition coefficient (Wildman–Crippen LogP) is 4.50. The van der Waals surface area contributed by atoms with Crippen LogP contribution in [0.15, 0.2) is 54.6 Å². The molecule has 0 saturated heterocycles. The van der Waals surface area contributed by atoms with Crippen molar-refractivity contribution in [2.45, 2.75) is 26.8 Å². The maximum atomic E-state index is 11.5.